The number of nitrogens with zero attached hydrogens (tertiary/aromatic N) is 1. The predicted molar refractivity (Wildman–Crippen MR) is 85.8 cm³/mol. The molecular weight excluding hydrogens is 252 g/mol. The van der Waals surface area contributed by atoms with E-state index in [1.54, 1.807) is 0 Å². The van der Waals surface area contributed by atoms with E-state index >= 15 is 0 Å². The second-order valence-corrected chi connectivity index (χ2v) is 6.96. The van der Waals surface area contributed by atoms with Crippen molar-refractivity contribution in [1.29, 1.82) is 0 Å². The Bertz CT molecular complexity index is 393. The van der Waals surface area contributed by atoms with Crippen LogP contribution < -0.4 is 5.73 Å². The van der Waals surface area contributed by atoms with E-state index in [0.29, 0.717) is 0 Å². The molecule has 0 bridgehead atoms. The summed E-state index contributed by atoms with van der Waals surface area (Å²) in [5.41, 5.74) is 10.3. The fourth-order valence-corrected chi connectivity index (χ4v) is 4.08. The zero-order valence-corrected chi connectivity index (χ0v) is 13.2. The molecule has 19 heavy (non-hydrogen) atoms. The van der Waals surface area contributed by atoms with Crippen LogP contribution in [0.1, 0.15) is 35.6 Å². The molecule has 1 aromatic carbocycles. The number of thioether (sulfide) groups is 1. The highest BCUT2D eigenvalue weighted by molar-refractivity contribution is 7.99. The first-order chi connectivity index (χ1) is 9.06. The van der Waals surface area contributed by atoms with Crippen LogP contribution in [0.15, 0.2) is 18.2 Å². The molecule has 1 aliphatic heterocycles. The van der Waals surface area contributed by atoms with Crippen LogP contribution in [0.3, 0.4) is 0 Å². The molecule has 2 nitrogen and oxygen atoms in total. The number of benzene rings is 1. The topological polar surface area (TPSA) is 29.3 Å². The molecule has 0 saturated carbocycles. The van der Waals surface area contributed by atoms with Crippen molar-refractivity contribution in [3.05, 3.63) is 34.9 Å². The van der Waals surface area contributed by atoms with Crippen LogP contribution in [0.2, 0.25) is 0 Å². The Morgan fingerprint density at radius 1 is 1.32 bits per heavy atom. The SMILES string of the molecule is Cc1cc(C)cc(C(N)CCN(C)C2CCSC2)c1. The molecule has 0 amide bonds. The Balaban J connectivity index is 1.87. The van der Waals surface area contributed by atoms with Gasteiger partial charge in [0.25, 0.3) is 0 Å². The molecule has 106 valence electrons. The molecule has 1 saturated heterocycles. The summed E-state index contributed by atoms with van der Waals surface area (Å²) in [7, 11) is 2.24. The maximum absolute atomic E-state index is 6.35. The molecule has 0 radical (unpaired) electrons. The summed E-state index contributed by atoms with van der Waals surface area (Å²) in [4.78, 5) is 2.49. The second kappa shape index (κ2) is 6.78. The summed E-state index contributed by atoms with van der Waals surface area (Å²) in [6.45, 7) is 5.38. The average Bonchev–Trinajstić information content (AvgIpc) is 2.88. The third-order valence-corrected chi connectivity index (χ3v) is 5.14. The summed E-state index contributed by atoms with van der Waals surface area (Å²) in [6, 6.07) is 7.58. The standard InChI is InChI=1S/C16H26N2S/c1-12-8-13(2)10-14(9-12)16(17)4-6-18(3)15-5-7-19-11-15/h8-10,15-16H,4-7,11,17H2,1-3H3. The molecule has 2 rings (SSSR count). The Hall–Kier alpha value is -0.510. The molecule has 1 fully saturated rings. The van der Waals surface area contributed by atoms with Crippen molar-refractivity contribution in [3.63, 3.8) is 0 Å². The number of nitrogens with two attached hydrogens (primary N) is 1. The largest absolute Gasteiger partial charge is 0.324 e. The van der Waals surface area contributed by atoms with Crippen molar-refractivity contribution in [2.45, 2.75) is 38.8 Å². The van der Waals surface area contributed by atoms with Gasteiger partial charge in [0.2, 0.25) is 0 Å². The highest BCUT2D eigenvalue weighted by Gasteiger charge is 2.20. The van der Waals surface area contributed by atoms with Gasteiger partial charge in [-0.1, -0.05) is 29.3 Å². The fraction of sp³-hybridized carbons (Fsp3) is 0.625. The van der Waals surface area contributed by atoms with E-state index in [1.807, 2.05) is 0 Å². The van der Waals surface area contributed by atoms with Crippen LogP contribution >= 0.6 is 11.8 Å². The van der Waals surface area contributed by atoms with E-state index in [0.717, 1.165) is 19.0 Å². The normalized spacial score (nSPS) is 21.0. The third kappa shape index (κ3) is 4.23. The maximum atomic E-state index is 6.35. The number of aryl methyl sites for hydroxylation is 2. The van der Waals surface area contributed by atoms with Crippen LogP contribution in [0, 0.1) is 13.8 Å². The average molecular weight is 278 g/mol. The number of hydrogen-bond donors (Lipinski definition) is 1. The molecule has 2 N–H and O–H groups in total. The van der Waals surface area contributed by atoms with Crippen molar-refractivity contribution in [1.82, 2.24) is 4.90 Å². The van der Waals surface area contributed by atoms with E-state index < -0.39 is 0 Å². The number of rotatable bonds is 5. The van der Waals surface area contributed by atoms with Gasteiger partial charge in [0.1, 0.15) is 0 Å². The lowest BCUT2D eigenvalue weighted by Crippen LogP contribution is -2.33. The van der Waals surface area contributed by atoms with Crippen LogP contribution in [-0.4, -0.2) is 36.0 Å². The molecule has 1 heterocycles. The van der Waals surface area contributed by atoms with Crippen LogP contribution in [-0.2, 0) is 0 Å². The molecular formula is C16H26N2S. The van der Waals surface area contributed by atoms with Crippen molar-refractivity contribution in [2.24, 2.45) is 5.73 Å². The Labute approximate surface area is 121 Å². The molecule has 2 atom stereocenters. The highest BCUT2D eigenvalue weighted by atomic mass is 32.2. The van der Waals surface area contributed by atoms with E-state index in [2.05, 4.69) is 55.8 Å². The molecule has 0 aromatic heterocycles. The van der Waals surface area contributed by atoms with Crippen molar-refractivity contribution >= 4 is 11.8 Å². The Morgan fingerprint density at radius 3 is 2.58 bits per heavy atom. The predicted octanol–water partition coefficient (Wildman–Crippen LogP) is 3.13. The van der Waals surface area contributed by atoms with Gasteiger partial charge in [0.05, 0.1) is 0 Å². The van der Waals surface area contributed by atoms with Gasteiger partial charge in [-0.25, -0.2) is 0 Å². The maximum Gasteiger partial charge on any atom is 0.0307 e. The second-order valence-electron chi connectivity index (χ2n) is 5.81. The van der Waals surface area contributed by atoms with Gasteiger partial charge in [-0.2, -0.15) is 11.8 Å². The molecule has 1 aromatic rings. The lowest BCUT2D eigenvalue weighted by Gasteiger charge is -2.25. The van der Waals surface area contributed by atoms with E-state index in [1.165, 1.54) is 34.6 Å². The summed E-state index contributed by atoms with van der Waals surface area (Å²) < 4.78 is 0. The molecule has 1 aliphatic rings. The quantitative estimate of drug-likeness (QED) is 0.897. The highest BCUT2D eigenvalue weighted by Crippen LogP contribution is 2.23. The van der Waals surface area contributed by atoms with Gasteiger partial charge in [0.15, 0.2) is 0 Å². The first-order valence-corrected chi connectivity index (χ1v) is 8.33. The van der Waals surface area contributed by atoms with Crippen LogP contribution in [0.5, 0.6) is 0 Å². The van der Waals surface area contributed by atoms with Crippen LogP contribution in [0.25, 0.3) is 0 Å². The summed E-state index contributed by atoms with van der Waals surface area (Å²) in [6.07, 6.45) is 2.38. The van der Waals surface area contributed by atoms with Crippen molar-refractivity contribution in [2.75, 3.05) is 25.1 Å². The van der Waals surface area contributed by atoms with Gasteiger partial charge in [-0.05, 0) is 51.6 Å². The summed E-state index contributed by atoms with van der Waals surface area (Å²) in [5, 5.41) is 0. The minimum atomic E-state index is 0.162. The minimum absolute atomic E-state index is 0.162. The first kappa shape index (κ1) is 14.9. The fourth-order valence-electron chi connectivity index (χ4n) is 2.79. The first-order valence-electron chi connectivity index (χ1n) is 7.18. The van der Waals surface area contributed by atoms with E-state index in [4.69, 9.17) is 5.73 Å². The van der Waals surface area contributed by atoms with Crippen molar-refractivity contribution in [3.8, 4) is 0 Å². The minimum Gasteiger partial charge on any atom is -0.324 e. The Kier molecular flexibility index (Phi) is 5.31. The van der Waals surface area contributed by atoms with Gasteiger partial charge < -0.3 is 10.6 Å². The van der Waals surface area contributed by atoms with Gasteiger partial charge >= 0.3 is 0 Å². The molecule has 3 heteroatoms. The third-order valence-electron chi connectivity index (χ3n) is 3.99. The van der Waals surface area contributed by atoms with E-state index in [9.17, 15) is 0 Å². The molecule has 0 spiro atoms. The lowest BCUT2D eigenvalue weighted by atomic mass is 9.99. The van der Waals surface area contributed by atoms with Crippen LogP contribution in [0.4, 0.5) is 0 Å². The smallest absolute Gasteiger partial charge is 0.0307 e. The number of hydrogen-bond acceptors (Lipinski definition) is 3. The Morgan fingerprint density at radius 2 is 2.00 bits per heavy atom. The lowest BCUT2D eigenvalue weighted by molar-refractivity contribution is 0.253. The summed E-state index contributed by atoms with van der Waals surface area (Å²) >= 11 is 2.07. The molecule has 2 unspecified atom stereocenters. The molecule has 0 aliphatic carbocycles. The van der Waals surface area contributed by atoms with Gasteiger partial charge in [-0.3, -0.25) is 0 Å². The van der Waals surface area contributed by atoms with E-state index in [-0.39, 0.29) is 6.04 Å². The zero-order chi connectivity index (χ0) is 13.8. The zero-order valence-electron chi connectivity index (χ0n) is 12.4. The van der Waals surface area contributed by atoms with Gasteiger partial charge in [0, 0.05) is 17.8 Å². The van der Waals surface area contributed by atoms with Gasteiger partial charge in [-0.15, -0.1) is 0 Å². The van der Waals surface area contributed by atoms with Crippen molar-refractivity contribution < 1.29 is 0 Å². The monoisotopic (exact) mass is 278 g/mol. The summed E-state index contributed by atoms with van der Waals surface area (Å²) in [5.74, 6) is 2.60.